The molecule has 1 aromatic rings. The van der Waals surface area contributed by atoms with Crippen LogP contribution in [0.3, 0.4) is 0 Å². The zero-order valence-corrected chi connectivity index (χ0v) is 11.0. The van der Waals surface area contributed by atoms with Crippen LogP contribution in [0.4, 0.5) is 11.4 Å². The molecule has 0 heterocycles. The third-order valence-corrected chi connectivity index (χ3v) is 3.74. The van der Waals surface area contributed by atoms with Gasteiger partial charge in [0.25, 0.3) is 0 Å². The molecule has 0 spiro atoms. The maximum atomic E-state index is 11.6. The quantitative estimate of drug-likeness (QED) is 0.785. The first-order chi connectivity index (χ1) is 8.04. The van der Waals surface area contributed by atoms with Gasteiger partial charge in [0.15, 0.2) is 0 Å². The first-order valence-corrected chi connectivity index (χ1v) is 7.03. The summed E-state index contributed by atoms with van der Waals surface area (Å²) in [7, 11) is -1.09. The largest absolute Gasteiger partial charge is 0.397 e. The molecule has 0 fully saturated rings. The van der Waals surface area contributed by atoms with Crippen molar-refractivity contribution in [3.8, 4) is 0 Å². The molecule has 94 valence electrons. The number of hydrogen-bond donors (Lipinski definition) is 2. The Bertz CT molecular complexity index is 412. The van der Waals surface area contributed by atoms with E-state index in [4.69, 9.17) is 5.73 Å². The SMILES string of the molecule is CCCS(=O)CC(=O)Nc1c(C)cccc1N. The highest BCUT2D eigenvalue weighted by molar-refractivity contribution is 7.85. The van der Waals surface area contributed by atoms with Gasteiger partial charge in [-0.05, 0) is 25.0 Å². The van der Waals surface area contributed by atoms with Crippen LogP contribution in [0.1, 0.15) is 18.9 Å². The van der Waals surface area contributed by atoms with Crippen LogP contribution in [0.15, 0.2) is 18.2 Å². The predicted octanol–water partition coefficient (Wildman–Crippen LogP) is 1.67. The first-order valence-electron chi connectivity index (χ1n) is 5.54. The molecule has 0 aliphatic rings. The average Bonchev–Trinajstić information content (AvgIpc) is 2.24. The fraction of sp³-hybridized carbons (Fsp3) is 0.417. The molecular formula is C12H18N2O2S. The third-order valence-electron chi connectivity index (χ3n) is 2.29. The van der Waals surface area contributed by atoms with E-state index in [-0.39, 0.29) is 11.7 Å². The van der Waals surface area contributed by atoms with Crippen LogP contribution < -0.4 is 11.1 Å². The van der Waals surface area contributed by atoms with Gasteiger partial charge in [0.2, 0.25) is 5.91 Å². The van der Waals surface area contributed by atoms with E-state index in [1.807, 2.05) is 26.0 Å². The highest BCUT2D eigenvalue weighted by Crippen LogP contribution is 2.22. The standard InChI is InChI=1S/C12H18N2O2S/c1-3-7-17(16)8-11(15)14-12-9(2)5-4-6-10(12)13/h4-6H,3,7-8,13H2,1-2H3,(H,14,15). The number of carbonyl (C=O) groups excluding carboxylic acids is 1. The Hall–Kier alpha value is -1.36. The average molecular weight is 254 g/mol. The van der Waals surface area contributed by atoms with E-state index in [2.05, 4.69) is 5.32 Å². The third kappa shape index (κ3) is 4.19. The van der Waals surface area contributed by atoms with Crippen molar-refractivity contribution < 1.29 is 9.00 Å². The Balaban J connectivity index is 2.65. The number of nitrogen functional groups attached to an aromatic ring is 1. The summed E-state index contributed by atoms with van der Waals surface area (Å²) in [5, 5.41) is 2.71. The van der Waals surface area contributed by atoms with Crippen LogP contribution in [0, 0.1) is 6.92 Å². The van der Waals surface area contributed by atoms with Gasteiger partial charge in [-0.15, -0.1) is 0 Å². The van der Waals surface area contributed by atoms with Gasteiger partial charge in [0.05, 0.1) is 11.4 Å². The fourth-order valence-electron chi connectivity index (χ4n) is 1.48. The smallest absolute Gasteiger partial charge is 0.237 e. The van der Waals surface area contributed by atoms with E-state index in [1.165, 1.54) is 0 Å². The summed E-state index contributed by atoms with van der Waals surface area (Å²) in [6.07, 6.45) is 0.812. The lowest BCUT2D eigenvalue weighted by Crippen LogP contribution is -2.21. The van der Waals surface area contributed by atoms with Gasteiger partial charge in [-0.2, -0.15) is 0 Å². The summed E-state index contributed by atoms with van der Waals surface area (Å²) in [6, 6.07) is 5.43. The van der Waals surface area contributed by atoms with Crippen LogP contribution in [-0.4, -0.2) is 21.6 Å². The molecule has 4 nitrogen and oxygen atoms in total. The molecule has 0 aliphatic carbocycles. The van der Waals surface area contributed by atoms with Crippen molar-refractivity contribution in [2.75, 3.05) is 22.6 Å². The van der Waals surface area contributed by atoms with E-state index < -0.39 is 10.8 Å². The predicted molar refractivity (Wildman–Crippen MR) is 72.4 cm³/mol. The molecular weight excluding hydrogens is 236 g/mol. The highest BCUT2D eigenvalue weighted by Gasteiger charge is 2.10. The molecule has 0 bridgehead atoms. The van der Waals surface area contributed by atoms with E-state index in [0.29, 0.717) is 17.1 Å². The Labute approximate surface area is 104 Å². The zero-order valence-electron chi connectivity index (χ0n) is 10.2. The number of hydrogen-bond acceptors (Lipinski definition) is 3. The molecule has 1 unspecified atom stereocenters. The van der Waals surface area contributed by atoms with E-state index in [1.54, 1.807) is 6.07 Å². The molecule has 1 amide bonds. The minimum Gasteiger partial charge on any atom is -0.397 e. The van der Waals surface area contributed by atoms with Crippen molar-refractivity contribution in [1.29, 1.82) is 0 Å². The Morgan fingerprint density at radius 2 is 2.18 bits per heavy atom. The highest BCUT2D eigenvalue weighted by atomic mass is 32.2. The van der Waals surface area contributed by atoms with E-state index in [9.17, 15) is 9.00 Å². The summed E-state index contributed by atoms with van der Waals surface area (Å²) < 4.78 is 11.4. The molecule has 0 radical (unpaired) electrons. The Morgan fingerprint density at radius 1 is 1.47 bits per heavy atom. The lowest BCUT2D eigenvalue weighted by atomic mass is 10.1. The van der Waals surface area contributed by atoms with Crippen LogP contribution in [0.25, 0.3) is 0 Å². The van der Waals surface area contributed by atoms with E-state index in [0.717, 1.165) is 12.0 Å². The summed E-state index contributed by atoms with van der Waals surface area (Å²) in [4.78, 5) is 11.6. The fourth-order valence-corrected chi connectivity index (χ4v) is 2.45. The van der Waals surface area contributed by atoms with Gasteiger partial charge in [-0.1, -0.05) is 19.1 Å². The van der Waals surface area contributed by atoms with Gasteiger partial charge >= 0.3 is 0 Å². The number of anilines is 2. The molecule has 5 heteroatoms. The number of para-hydroxylation sites is 1. The number of amides is 1. The van der Waals surface area contributed by atoms with Gasteiger partial charge < -0.3 is 11.1 Å². The number of benzene rings is 1. The molecule has 0 aliphatic heterocycles. The van der Waals surface area contributed by atoms with Gasteiger partial charge in [-0.3, -0.25) is 9.00 Å². The zero-order chi connectivity index (χ0) is 12.8. The van der Waals surface area contributed by atoms with Crippen LogP contribution >= 0.6 is 0 Å². The normalized spacial score (nSPS) is 12.1. The summed E-state index contributed by atoms with van der Waals surface area (Å²) in [5.74, 6) is 0.330. The van der Waals surface area contributed by atoms with Crippen molar-refractivity contribution >= 4 is 28.1 Å². The second-order valence-electron chi connectivity index (χ2n) is 3.88. The van der Waals surface area contributed by atoms with Crippen LogP contribution in [-0.2, 0) is 15.6 Å². The molecule has 1 aromatic carbocycles. The molecule has 0 saturated heterocycles. The number of carbonyl (C=O) groups is 1. The lowest BCUT2D eigenvalue weighted by Gasteiger charge is -2.10. The molecule has 1 rings (SSSR count). The Kier molecular flexibility index (Phi) is 5.15. The number of rotatable bonds is 5. The second-order valence-corrected chi connectivity index (χ2v) is 5.45. The monoisotopic (exact) mass is 254 g/mol. The van der Waals surface area contributed by atoms with Crippen molar-refractivity contribution in [3.63, 3.8) is 0 Å². The minimum absolute atomic E-state index is 0.0294. The second kappa shape index (κ2) is 6.39. The van der Waals surface area contributed by atoms with Gasteiger partial charge in [-0.25, -0.2) is 0 Å². The molecule has 0 aromatic heterocycles. The summed E-state index contributed by atoms with van der Waals surface area (Å²) in [6.45, 7) is 3.81. The molecule has 1 atom stereocenters. The maximum absolute atomic E-state index is 11.6. The Morgan fingerprint density at radius 3 is 2.76 bits per heavy atom. The first kappa shape index (κ1) is 13.7. The van der Waals surface area contributed by atoms with Gasteiger partial charge in [0.1, 0.15) is 5.75 Å². The molecule has 0 saturated carbocycles. The number of nitrogens with two attached hydrogens (primary N) is 1. The number of nitrogens with one attached hydrogen (secondary N) is 1. The number of aryl methyl sites for hydroxylation is 1. The van der Waals surface area contributed by atoms with Crippen molar-refractivity contribution in [1.82, 2.24) is 0 Å². The maximum Gasteiger partial charge on any atom is 0.237 e. The lowest BCUT2D eigenvalue weighted by molar-refractivity contribution is -0.113. The van der Waals surface area contributed by atoms with Crippen molar-refractivity contribution in [2.24, 2.45) is 0 Å². The molecule has 17 heavy (non-hydrogen) atoms. The van der Waals surface area contributed by atoms with Crippen LogP contribution in [0.5, 0.6) is 0 Å². The topological polar surface area (TPSA) is 72.2 Å². The summed E-state index contributed by atoms with van der Waals surface area (Å²) in [5.41, 5.74) is 7.82. The van der Waals surface area contributed by atoms with Crippen LogP contribution in [0.2, 0.25) is 0 Å². The van der Waals surface area contributed by atoms with Gasteiger partial charge in [0, 0.05) is 16.6 Å². The summed E-state index contributed by atoms with van der Waals surface area (Å²) >= 11 is 0. The van der Waals surface area contributed by atoms with Crippen molar-refractivity contribution in [3.05, 3.63) is 23.8 Å². The molecule has 3 N–H and O–H groups in total. The van der Waals surface area contributed by atoms with E-state index >= 15 is 0 Å². The minimum atomic E-state index is -1.09. The van der Waals surface area contributed by atoms with Crippen molar-refractivity contribution in [2.45, 2.75) is 20.3 Å².